The van der Waals surface area contributed by atoms with Crippen molar-refractivity contribution in [2.45, 2.75) is 31.6 Å². The van der Waals surface area contributed by atoms with Gasteiger partial charge in [0.1, 0.15) is 6.10 Å². The van der Waals surface area contributed by atoms with Crippen molar-refractivity contribution in [3.05, 3.63) is 35.2 Å². The van der Waals surface area contributed by atoms with E-state index in [1.807, 2.05) is 30.3 Å². The second-order valence-electron chi connectivity index (χ2n) is 7.01. The largest absolute Gasteiger partial charge is 0.386 e. The first-order valence-corrected chi connectivity index (χ1v) is 10.9. The van der Waals surface area contributed by atoms with Crippen molar-refractivity contribution in [3.8, 4) is 0 Å². The molecule has 1 heterocycles. The monoisotopic (exact) mass is 397 g/mol. The highest BCUT2D eigenvalue weighted by molar-refractivity contribution is 7.92. The zero-order chi connectivity index (χ0) is 19.4. The molecule has 0 bridgehead atoms. The van der Waals surface area contributed by atoms with E-state index >= 15 is 0 Å². The predicted molar refractivity (Wildman–Crippen MR) is 110 cm³/mol. The number of rotatable bonds is 6. The molecule has 2 rings (SSSR count). The third-order valence-corrected chi connectivity index (χ3v) is 7.88. The van der Waals surface area contributed by atoms with Crippen LogP contribution in [0.2, 0.25) is 0 Å². The summed E-state index contributed by atoms with van der Waals surface area (Å²) in [4.78, 5) is 4.95. The molecule has 144 valence electrons. The highest BCUT2D eigenvalue weighted by Crippen LogP contribution is 2.29. The van der Waals surface area contributed by atoms with E-state index in [2.05, 4.69) is 15.6 Å². The van der Waals surface area contributed by atoms with Crippen molar-refractivity contribution in [2.24, 2.45) is 4.99 Å². The molecule has 3 N–H and O–H groups in total. The Labute approximate surface area is 159 Å². The van der Waals surface area contributed by atoms with Crippen LogP contribution in [0, 0.1) is 0 Å². The van der Waals surface area contributed by atoms with Crippen LogP contribution < -0.4 is 10.6 Å². The maximum atomic E-state index is 12.1. The van der Waals surface area contributed by atoms with Crippen LogP contribution in [0.15, 0.2) is 35.3 Å². The lowest BCUT2D eigenvalue weighted by Gasteiger charge is -2.20. The Kier molecular flexibility index (Phi) is 6.65. The number of hydrogen-bond acceptors (Lipinski definition) is 5. The first-order chi connectivity index (χ1) is 12.1. The predicted octanol–water partition coefficient (Wildman–Crippen LogP) is 2.31. The highest BCUT2D eigenvalue weighted by Gasteiger charge is 2.28. The Morgan fingerprint density at radius 1 is 1.27 bits per heavy atom. The number of aliphatic hydroxyl groups is 1. The molecule has 0 saturated carbocycles. The van der Waals surface area contributed by atoms with Crippen molar-refractivity contribution >= 4 is 37.2 Å². The number of aliphatic hydroxyl groups excluding tert-OH is 1. The molecule has 1 atom stereocenters. The Morgan fingerprint density at radius 3 is 2.58 bits per heavy atom. The van der Waals surface area contributed by atoms with Gasteiger partial charge in [0.25, 0.3) is 0 Å². The number of fused-ring (bicyclic) bond motifs is 1. The molecule has 0 fully saturated rings. The smallest absolute Gasteiger partial charge is 0.191 e. The lowest BCUT2D eigenvalue weighted by Crippen LogP contribution is -2.42. The van der Waals surface area contributed by atoms with E-state index in [0.29, 0.717) is 12.5 Å². The van der Waals surface area contributed by atoms with Crippen LogP contribution in [-0.4, -0.2) is 50.1 Å². The zero-order valence-corrected chi connectivity index (χ0v) is 17.2. The minimum Gasteiger partial charge on any atom is -0.386 e. The van der Waals surface area contributed by atoms with E-state index in [1.165, 1.54) is 0 Å². The van der Waals surface area contributed by atoms with Gasteiger partial charge in [0, 0.05) is 29.7 Å². The van der Waals surface area contributed by atoms with Gasteiger partial charge in [-0.2, -0.15) is 0 Å². The molecule has 0 aliphatic heterocycles. The van der Waals surface area contributed by atoms with E-state index in [9.17, 15) is 13.5 Å². The van der Waals surface area contributed by atoms with E-state index in [0.717, 1.165) is 15.0 Å². The molecule has 1 aromatic carbocycles. The zero-order valence-electron chi connectivity index (χ0n) is 15.6. The van der Waals surface area contributed by atoms with E-state index in [4.69, 9.17) is 0 Å². The summed E-state index contributed by atoms with van der Waals surface area (Å²) in [5.74, 6) is 0.491. The Bertz CT molecular complexity index is 834. The van der Waals surface area contributed by atoms with Gasteiger partial charge < -0.3 is 15.7 Å². The summed E-state index contributed by atoms with van der Waals surface area (Å²) >= 11 is 1.56. The minimum atomic E-state index is -3.18. The van der Waals surface area contributed by atoms with Crippen molar-refractivity contribution in [3.63, 3.8) is 0 Å². The molecule has 0 saturated heterocycles. The molecule has 26 heavy (non-hydrogen) atoms. The summed E-state index contributed by atoms with van der Waals surface area (Å²) in [5, 5.41) is 17.5. The maximum absolute atomic E-state index is 12.1. The molecule has 6 nitrogen and oxygen atoms in total. The van der Waals surface area contributed by atoms with Crippen molar-refractivity contribution in [2.75, 3.05) is 25.9 Å². The highest BCUT2D eigenvalue weighted by atomic mass is 32.2. The van der Waals surface area contributed by atoms with Gasteiger partial charge >= 0.3 is 0 Å². The topological polar surface area (TPSA) is 90.8 Å². The third kappa shape index (κ3) is 5.18. The fourth-order valence-electron chi connectivity index (χ4n) is 2.29. The second kappa shape index (κ2) is 8.37. The summed E-state index contributed by atoms with van der Waals surface area (Å²) < 4.78 is 24.6. The number of nitrogens with one attached hydrogen (secondary N) is 2. The lowest BCUT2D eigenvalue weighted by atomic mass is 10.2. The Morgan fingerprint density at radius 2 is 1.96 bits per heavy atom. The molecule has 0 amide bonds. The van der Waals surface area contributed by atoms with Gasteiger partial charge in [-0.25, -0.2) is 8.42 Å². The molecule has 2 aromatic rings. The van der Waals surface area contributed by atoms with Crippen LogP contribution >= 0.6 is 11.3 Å². The van der Waals surface area contributed by atoms with Crippen LogP contribution in [0.3, 0.4) is 0 Å². The van der Waals surface area contributed by atoms with Crippen LogP contribution in [0.25, 0.3) is 10.1 Å². The third-order valence-electron chi connectivity index (χ3n) is 4.06. The second-order valence-corrected chi connectivity index (χ2v) is 11.0. The number of nitrogens with zero attached hydrogens (tertiary/aromatic N) is 1. The first kappa shape index (κ1) is 20.7. The van der Waals surface area contributed by atoms with Crippen LogP contribution in [-0.2, 0) is 9.84 Å². The summed E-state index contributed by atoms with van der Waals surface area (Å²) in [6.45, 7) is 5.63. The van der Waals surface area contributed by atoms with Crippen LogP contribution in [0.4, 0.5) is 0 Å². The Hall–Kier alpha value is -1.64. The molecule has 0 aliphatic rings. The van der Waals surface area contributed by atoms with Gasteiger partial charge in [0.05, 0.1) is 10.5 Å². The first-order valence-electron chi connectivity index (χ1n) is 8.47. The van der Waals surface area contributed by atoms with Crippen LogP contribution in [0.1, 0.15) is 31.8 Å². The van der Waals surface area contributed by atoms with Crippen molar-refractivity contribution < 1.29 is 13.5 Å². The molecule has 1 aromatic heterocycles. The van der Waals surface area contributed by atoms with Crippen molar-refractivity contribution in [1.29, 1.82) is 0 Å². The molecule has 0 spiro atoms. The summed E-state index contributed by atoms with van der Waals surface area (Å²) in [7, 11) is -1.57. The SMILES string of the molecule is CN=C(NCCS(=O)(=O)C(C)(C)C)NCC(O)c1cc2ccccc2s1. The van der Waals surface area contributed by atoms with Gasteiger partial charge in [0.2, 0.25) is 0 Å². The fraction of sp³-hybridized carbons (Fsp3) is 0.500. The number of thiophene rings is 1. The average Bonchev–Trinajstić information content (AvgIpc) is 3.00. The quantitative estimate of drug-likeness (QED) is 0.514. The molecular formula is C18H27N3O3S2. The maximum Gasteiger partial charge on any atom is 0.191 e. The number of benzene rings is 1. The standard InChI is InChI=1S/C18H27N3O3S2/c1-18(2,3)26(23,24)10-9-20-17(19-4)21-12-14(22)16-11-13-7-5-6-8-15(13)25-16/h5-8,11,14,22H,9-10,12H2,1-4H3,(H2,19,20,21). The Balaban J connectivity index is 1.86. The van der Waals surface area contributed by atoms with Gasteiger partial charge in [-0.05, 0) is 38.3 Å². The fourth-order valence-corrected chi connectivity index (χ4v) is 4.32. The van der Waals surface area contributed by atoms with Gasteiger partial charge in [0.15, 0.2) is 15.8 Å². The molecular weight excluding hydrogens is 370 g/mol. The average molecular weight is 398 g/mol. The minimum absolute atomic E-state index is 0.0239. The van der Waals surface area contributed by atoms with Gasteiger partial charge in [-0.1, -0.05) is 18.2 Å². The van der Waals surface area contributed by atoms with E-state index < -0.39 is 20.7 Å². The molecule has 1 unspecified atom stereocenters. The molecule has 0 aliphatic carbocycles. The summed E-state index contributed by atoms with van der Waals surface area (Å²) in [6.07, 6.45) is -0.663. The lowest BCUT2D eigenvalue weighted by molar-refractivity contribution is 0.184. The van der Waals surface area contributed by atoms with Crippen LogP contribution in [0.5, 0.6) is 0 Å². The number of sulfone groups is 1. The molecule has 8 heteroatoms. The number of guanidine groups is 1. The molecule has 0 radical (unpaired) electrons. The van der Waals surface area contributed by atoms with Crippen molar-refractivity contribution in [1.82, 2.24) is 10.6 Å². The normalized spacial score (nSPS) is 14.4. The van der Waals surface area contributed by atoms with E-state index in [-0.39, 0.29) is 12.3 Å². The number of hydrogen-bond donors (Lipinski definition) is 3. The van der Waals surface area contributed by atoms with Gasteiger partial charge in [-0.3, -0.25) is 4.99 Å². The van der Waals surface area contributed by atoms with Gasteiger partial charge in [-0.15, -0.1) is 11.3 Å². The summed E-state index contributed by atoms with van der Waals surface area (Å²) in [6, 6.07) is 9.98. The summed E-state index contributed by atoms with van der Waals surface area (Å²) in [5.41, 5.74) is 0. The number of aliphatic imine (C=N–C) groups is 1. The van der Waals surface area contributed by atoms with E-state index in [1.54, 1.807) is 39.2 Å².